The molecule has 7 heteroatoms. The molecule has 3 N–H and O–H groups in total. The van der Waals surface area contributed by atoms with Crippen molar-refractivity contribution in [2.45, 2.75) is 0 Å². The molecule has 2 aromatic carbocycles. The molecular weight excluding hydrogens is 385 g/mol. The number of hydrogen-bond donors (Lipinski definition) is 2. The fraction of sp³-hybridized carbons (Fsp3) is 0. The molecule has 0 saturated heterocycles. The van der Waals surface area contributed by atoms with Crippen molar-refractivity contribution < 1.29 is 18.8 Å². The average molecular weight is 401 g/mol. The second kappa shape index (κ2) is 7.63. The first-order valence-corrected chi connectivity index (χ1v) is 9.05. The van der Waals surface area contributed by atoms with Gasteiger partial charge in [0.1, 0.15) is 11.5 Å². The number of pyridine rings is 1. The second-order valence-corrected chi connectivity index (χ2v) is 6.63. The summed E-state index contributed by atoms with van der Waals surface area (Å²) in [5.74, 6) is -2.58. The van der Waals surface area contributed by atoms with Crippen molar-refractivity contribution in [3.8, 4) is 11.1 Å². The molecule has 0 aliphatic rings. The molecule has 0 radical (unpaired) electrons. The fourth-order valence-corrected chi connectivity index (χ4v) is 3.22. The van der Waals surface area contributed by atoms with Crippen LogP contribution in [0.2, 0.25) is 0 Å². The summed E-state index contributed by atoms with van der Waals surface area (Å²) in [7, 11) is 0. The van der Waals surface area contributed by atoms with Crippen LogP contribution in [-0.2, 0) is 4.79 Å². The Bertz CT molecular complexity index is 1280. The number of Topliss-reactive ketones (excluding diaryl/α,β-unsaturated/α-hetero) is 1. The number of nitrogens with two attached hydrogens (primary N) is 1. The third kappa shape index (κ3) is 3.56. The SMILES string of the molecule is NC(=O)c1ccc(NC(=O)C(=O)c2c(-c3ccc(F)cc3)cc3ccccn23)cc1. The van der Waals surface area contributed by atoms with Gasteiger partial charge in [-0.25, -0.2) is 4.39 Å². The summed E-state index contributed by atoms with van der Waals surface area (Å²) in [6, 6.07) is 18.8. The third-order valence-electron chi connectivity index (χ3n) is 4.68. The number of amides is 2. The predicted molar refractivity (Wildman–Crippen MR) is 111 cm³/mol. The van der Waals surface area contributed by atoms with Gasteiger partial charge in [-0.3, -0.25) is 14.4 Å². The highest BCUT2D eigenvalue weighted by Crippen LogP contribution is 2.29. The van der Waals surface area contributed by atoms with E-state index in [9.17, 15) is 18.8 Å². The lowest BCUT2D eigenvalue weighted by atomic mass is 10.0. The Hall–Kier alpha value is -4.26. The van der Waals surface area contributed by atoms with Gasteiger partial charge < -0.3 is 15.5 Å². The molecule has 0 atom stereocenters. The normalized spacial score (nSPS) is 10.7. The van der Waals surface area contributed by atoms with Crippen LogP contribution in [0.3, 0.4) is 0 Å². The Morgan fingerprint density at radius 2 is 1.60 bits per heavy atom. The lowest BCUT2D eigenvalue weighted by Gasteiger charge is -2.08. The second-order valence-electron chi connectivity index (χ2n) is 6.63. The molecule has 0 aliphatic carbocycles. The first-order valence-electron chi connectivity index (χ1n) is 9.05. The average Bonchev–Trinajstić information content (AvgIpc) is 3.13. The quantitative estimate of drug-likeness (QED) is 0.395. The standard InChI is InChI=1S/C23H16FN3O3/c24-16-8-4-14(5-9-16)19-13-18-3-1-2-12-27(18)20(19)21(28)23(30)26-17-10-6-15(7-11-17)22(25)29/h1-13H,(H2,25,29)(H,26,30). The fourth-order valence-electron chi connectivity index (χ4n) is 3.22. The topological polar surface area (TPSA) is 93.7 Å². The van der Waals surface area contributed by atoms with Gasteiger partial charge in [0.25, 0.3) is 11.7 Å². The van der Waals surface area contributed by atoms with E-state index in [2.05, 4.69) is 5.32 Å². The number of carbonyl (C=O) groups excluding carboxylic acids is 3. The number of nitrogens with zero attached hydrogens (tertiary/aromatic N) is 1. The molecule has 0 saturated carbocycles. The molecule has 30 heavy (non-hydrogen) atoms. The van der Waals surface area contributed by atoms with Gasteiger partial charge >= 0.3 is 0 Å². The van der Waals surface area contributed by atoms with Gasteiger partial charge in [0.15, 0.2) is 0 Å². The Morgan fingerprint density at radius 1 is 0.900 bits per heavy atom. The summed E-state index contributed by atoms with van der Waals surface area (Å²) < 4.78 is 15.0. The van der Waals surface area contributed by atoms with E-state index in [0.717, 1.165) is 5.52 Å². The molecule has 2 heterocycles. The lowest BCUT2D eigenvalue weighted by Crippen LogP contribution is -2.24. The van der Waals surface area contributed by atoms with Crippen LogP contribution in [0, 0.1) is 5.82 Å². The lowest BCUT2D eigenvalue weighted by molar-refractivity contribution is -0.112. The maximum absolute atomic E-state index is 13.3. The maximum Gasteiger partial charge on any atom is 0.298 e. The minimum atomic E-state index is -0.839. The van der Waals surface area contributed by atoms with E-state index in [0.29, 0.717) is 16.8 Å². The molecule has 0 aliphatic heterocycles. The van der Waals surface area contributed by atoms with Crippen LogP contribution in [0.25, 0.3) is 16.6 Å². The highest BCUT2D eigenvalue weighted by Gasteiger charge is 2.25. The Morgan fingerprint density at radius 3 is 2.27 bits per heavy atom. The summed E-state index contributed by atoms with van der Waals surface area (Å²) in [4.78, 5) is 36.9. The third-order valence-corrected chi connectivity index (χ3v) is 4.68. The van der Waals surface area contributed by atoms with E-state index in [4.69, 9.17) is 5.73 Å². The Labute approximate surface area is 170 Å². The number of hydrogen-bond acceptors (Lipinski definition) is 3. The highest BCUT2D eigenvalue weighted by molar-refractivity contribution is 6.47. The van der Waals surface area contributed by atoms with E-state index < -0.39 is 23.4 Å². The van der Waals surface area contributed by atoms with Crippen LogP contribution in [0.15, 0.2) is 79.0 Å². The minimum absolute atomic E-state index is 0.170. The number of carbonyl (C=O) groups is 3. The molecule has 0 fully saturated rings. The van der Waals surface area contributed by atoms with Gasteiger partial charge in [-0.2, -0.15) is 0 Å². The molecule has 2 amide bonds. The number of anilines is 1. The van der Waals surface area contributed by atoms with E-state index in [1.807, 2.05) is 12.1 Å². The van der Waals surface area contributed by atoms with Crippen LogP contribution >= 0.6 is 0 Å². The number of primary amides is 1. The summed E-state index contributed by atoms with van der Waals surface area (Å²) in [6.07, 6.45) is 1.69. The molecule has 148 valence electrons. The van der Waals surface area contributed by atoms with Crippen LogP contribution in [0.1, 0.15) is 20.8 Å². The Kier molecular flexibility index (Phi) is 4.85. The van der Waals surface area contributed by atoms with Crippen molar-refractivity contribution in [2.75, 3.05) is 5.32 Å². The van der Waals surface area contributed by atoms with E-state index in [-0.39, 0.29) is 11.3 Å². The number of nitrogens with one attached hydrogen (secondary N) is 1. The van der Waals surface area contributed by atoms with E-state index >= 15 is 0 Å². The van der Waals surface area contributed by atoms with Gasteiger partial charge in [-0.15, -0.1) is 0 Å². The molecular formula is C23H16FN3O3. The van der Waals surface area contributed by atoms with Gasteiger partial charge in [0.05, 0.1) is 0 Å². The Balaban J connectivity index is 1.71. The number of aromatic nitrogens is 1. The number of ketones is 1. The summed E-state index contributed by atoms with van der Waals surface area (Å²) in [6.45, 7) is 0. The molecule has 0 bridgehead atoms. The molecule has 4 aromatic rings. The summed E-state index contributed by atoms with van der Waals surface area (Å²) in [5.41, 5.74) is 7.86. The molecule has 0 spiro atoms. The van der Waals surface area contributed by atoms with E-state index in [1.165, 1.54) is 36.4 Å². The smallest absolute Gasteiger partial charge is 0.298 e. The first-order chi connectivity index (χ1) is 14.4. The van der Waals surface area contributed by atoms with Crippen LogP contribution in [-0.4, -0.2) is 22.0 Å². The predicted octanol–water partition coefficient (Wildman–Crippen LogP) is 3.67. The highest BCUT2D eigenvalue weighted by atomic mass is 19.1. The maximum atomic E-state index is 13.3. The zero-order chi connectivity index (χ0) is 21.3. The number of halogens is 1. The van der Waals surface area contributed by atoms with Crippen molar-refractivity contribution in [3.05, 3.63) is 96.1 Å². The largest absolute Gasteiger partial charge is 0.366 e. The number of benzene rings is 2. The first kappa shape index (κ1) is 19.1. The minimum Gasteiger partial charge on any atom is -0.366 e. The number of fused-ring (bicyclic) bond motifs is 1. The van der Waals surface area contributed by atoms with Gasteiger partial charge in [0, 0.05) is 28.5 Å². The van der Waals surface area contributed by atoms with Gasteiger partial charge in [-0.1, -0.05) is 18.2 Å². The van der Waals surface area contributed by atoms with Crippen molar-refractivity contribution in [1.29, 1.82) is 0 Å². The van der Waals surface area contributed by atoms with Crippen molar-refractivity contribution >= 4 is 28.8 Å². The zero-order valence-electron chi connectivity index (χ0n) is 15.6. The zero-order valence-corrected chi connectivity index (χ0v) is 15.6. The van der Waals surface area contributed by atoms with Crippen molar-refractivity contribution in [1.82, 2.24) is 4.40 Å². The molecule has 6 nitrogen and oxygen atoms in total. The van der Waals surface area contributed by atoms with E-state index in [1.54, 1.807) is 34.9 Å². The van der Waals surface area contributed by atoms with Gasteiger partial charge in [0.2, 0.25) is 5.91 Å². The molecule has 2 aromatic heterocycles. The van der Waals surface area contributed by atoms with Crippen LogP contribution in [0.5, 0.6) is 0 Å². The van der Waals surface area contributed by atoms with Gasteiger partial charge in [-0.05, 0) is 60.2 Å². The van der Waals surface area contributed by atoms with Crippen molar-refractivity contribution in [3.63, 3.8) is 0 Å². The van der Waals surface area contributed by atoms with Crippen LogP contribution in [0.4, 0.5) is 10.1 Å². The number of rotatable bonds is 5. The molecule has 0 unspecified atom stereocenters. The van der Waals surface area contributed by atoms with Crippen molar-refractivity contribution in [2.24, 2.45) is 5.73 Å². The summed E-state index contributed by atoms with van der Waals surface area (Å²) in [5, 5.41) is 2.53. The summed E-state index contributed by atoms with van der Waals surface area (Å²) >= 11 is 0. The molecule has 4 rings (SSSR count). The monoisotopic (exact) mass is 401 g/mol. The van der Waals surface area contributed by atoms with Crippen LogP contribution < -0.4 is 11.1 Å².